The van der Waals surface area contributed by atoms with Gasteiger partial charge in [-0.25, -0.2) is 0 Å². The number of unbranched alkanes of at least 4 members (excludes halogenated alkanes) is 2. The van der Waals surface area contributed by atoms with Crippen LogP contribution in [0.5, 0.6) is 0 Å². The fraction of sp³-hybridized carbons (Fsp3) is 0.214. The van der Waals surface area contributed by atoms with Crippen LogP contribution in [0, 0.1) is 23.7 Å². The molecular formula is C14H14O. The Morgan fingerprint density at radius 2 is 2.00 bits per heavy atom. The second-order valence-electron chi connectivity index (χ2n) is 2.71. The number of hydrogen-bond acceptors (Lipinski definition) is 1. The molecule has 0 aliphatic rings. The Balaban J connectivity index is 3.77. The summed E-state index contributed by atoms with van der Waals surface area (Å²) in [6, 6.07) is 0. The summed E-state index contributed by atoms with van der Waals surface area (Å²) in [5.74, 6) is 9.73. The first-order chi connectivity index (χ1) is 7.31. The van der Waals surface area contributed by atoms with Crippen molar-refractivity contribution < 1.29 is 4.79 Å². The van der Waals surface area contributed by atoms with E-state index < -0.39 is 0 Å². The summed E-state index contributed by atoms with van der Waals surface area (Å²) >= 11 is 0. The van der Waals surface area contributed by atoms with Crippen LogP contribution in [-0.4, -0.2) is 5.78 Å². The highest BCUT2D eigenvalue weighted by Crippen LogP contribution is 1.95. The molecule has 76 valence electrons. The molecule has 0 aliphatic heterocycles. The lowest BCUT2D eigenvalue weighted by Crippen LogP contribution is -1.81. The van der Waals surface area contributed by atoms with Crippen LogP contribution < -0.4 is 0 Å². The van der Waals surface area contributed by atoms with Gasteiger partial charge in [0.05, 0.1) is 0 Å². The van der Waals surface area contributed by atoms with Gasteiger partial charge in [0.2, 0.25) is 5.78 Å². The maximum atomic E-state index is 10.6. The van der Waals surface area contributed by atoms with Crippen molar-refractivity contribution in [3.8, 4) is 23.7 Å². The van der Waals surface area contributed by atoms with Crippen LogP contribution in [0.2, 0.25) is 0 Å². The Morgan fingerprint density at radius 3 is 2.67 bits per heavy atom. The summed E-state index contributed by atoms with van der Waals surface area (Å²) in [4.78, 5) is 10.6. The zero-order valence-electron chi connectivity index (χ0n) is 8.75. The smallest absolute Gasteiger partial charge is 0.229 e. The fourth-order valence-corrected chi connectivity index (χ4v) is 0.744. The van der Waals surface area contributed by atoms with Crippen LogP contribution >= 0.6 is 0 Å². The van der Waals surface area contributed by atoms with Crippen LogP contribution in [0.1, 0.15) is 19.3 Å². The van der Waals surface area contributed by atoms with Gasteiger partial charge in [0.1, 0.15) is 0 Å². The van der Waals surface area contributed by atoms with Gasteiger partial charge in [-0.2, -0.15) is 0 Å². The number of rotatable bonds is 5. The van der Waals surface area contributed by atoms with E-state index >= 15 is 0 Å². The first kappa shape index (κ1) is 13.0. The van der Waals surface area contributed by atoms with Crippen molar-refractivity contribution in [2.75, 3.05) is 0 Å². The van der Waals surface area contributed by atoms with Crippen molar-refractivity contribution >= 4 is 5.78 Å². The van der Waals surface area contributed by atoms with E-state index in [9.17, 15) is 4.79 Å². The van der Waals surface area contributed by atoms with E-state index in [0.717, 1.165) is 19.3 Å². The minimum atomic E-state index is -0.306. The van der Waals surface area contributed by atoms with Gasteiger partial charge in [-0.1, -0.05) is 24.7 Å². The summed E-state index contributed by atoms with van der Waals surface area (Å²) < 4.78 is 0. The average Bonchev–Trinajstić information content (AvgIpc) is 2.26. The number of ketones is 1. The predicted octanol–water partition coefficient (Wildman–Crippen LogP) is 2.66. The molecule has 0 spiro atoms. The van der Waals surface area contributed by atoms with E-state index in [1.807, 2.05) is 12.2 Å². The summed E-state index contributed by atoms with van der Waals surface area (Å²) in [5, 5.41) is 0. The Morgan fingerprint density at radius 1 is 1.20 bits per heavy atom. The normalized spacial score (nSPS) is 8.27. The number of allylic oxidation sites excluding steroid dienone is 4. The third-order valence-electron chi connectivity index (χ3n) is 1.49. The van der Waals surface area contributed by atoms with Crippen LogP contribution in [0.3, 0.4) is 0 Å². The lowest BCUT2D eigenvalue weighted by atomic mass is 10.2. The number of carbonyl (C=O) groups excluding carboxylic acids is 1. The topological polar surface area (TPSA) is 17.1 Å². The first-order valence-electron chi connectivity index (χ1n) is 4.75. The monoisotopic (exact) mass is 198 g/mol. The molecule has 0 aromatic heterocycles. The molecule has 0 bridgehead atoms. The van der Waals surface area contributed by atoms with Gasteiger partial charge in [0, 0.05) is 0 Å². The zero-order chi connectivity index (χ0) is 11.4. The summed E-state index contributed by atoms with van der Waals surface area (Å²) in [7, 11) is 0. The van der Waals surface area contributed by atoms with Crippen molar-refractivity contribution in [1.29, 1.82) is 0 Å². The third kappa shape index (κ3) is 9.93. The van der Waals surface area contributed by atoms with Crippen LogP contribution in [0.25, 0.3) is 0 Å². The minimum Gasteiger partial charge on any atom is -0.280 e. The Bertz CT molecular complexity index is 364. The zero-order valence-corrected chi connectivity index (χ0v) is 8.75. The SMILES string of the molecule is C=CCCCC=CC#CC#CC(=O)C=C. The molecule has 0 unspecified atom stereocenters. The third-order valence-corrected chi connectivity index (χ3v) is 1.49. The molecule has 15 heavy (non-hydrogen) atoms. The van der Waals surface area contributed by atoms with Crippen molar-refractivity contribution in [3.05, 3.63) is 37.5 Å². The lowest BCUT2D eigenvalue weighted by molar-refractivity contribution is -0.109. The highest BCUT2D eigenvalue weighted by atomic mass is 16.1. The van der Waals surface area contributed by atoms with E-state index in [2.05, 4.69) is 36.8 Å². The van der Waals surface area contributed by atoms with E-state index in [0.29, 0.717) is 0 Å². The Labute approximate surface area is 91.6 Å². The Hall–Kier alpha value is -1.99. The van der Waals surface area contributed by atoms with Crippen LogP contribution in [0.4, 0.5) is 0 Å². The van der Waals surface area contributed by atoms with Gasteiger partial charge < -0.3 is 0 Å². The molecule has 0 saturated heterocycles. The van der Waals surface area contributed by atoms with Gasteiger partial charge in [-0.05, 0) is 49.2 Å². The molecule has 0 amide bonds. The molecule has 0 aliphatic carbocycles. The van der Waals surface area contributed by atoms with E-state index in [4.69, 9.17) is 0 Å². The Kier molecular flexibility index (Phi) is 8.75. The molecule has 0 heterocycles. The van der Waals surface area contributed by atoms with Gasteiger partial charge in [0.15, 0.2) is 0 Å². The molecule has 0 fully saturated rings. The van der Waals surface area contributed by atoms with Gasteiger partial charge >= 0.3 is 0 Å². The number of hydrogen-bond donors (Lipinski definition) is 0. The molecule has 0 aromatic carbocycles. The molecule has 1 heteroatoms. The van der Waals surface area contributed by atoms with E-state index in [-0.39, 0.29) is 5.78 Å². The van der Waals surface area contributed by atoms with Crippen molar-refractivity contribution in [3.63, 3.8) is 0 Å². The van der Waals surface area contributed by atoms with Crippen LogP contribution in [0.15, 0.2) is 37.5 Å². The van der Waals surface area contributed by atoms with Crippen molar-refractivity contribution in [1.82, 2.24) is 0 Å². The first-order valence-corrected chi connectivity index (χ1v) is 4.75. The molecule has 1 nitrogen and oxygen atoms in total. The largest absolute Gasteiger partial charge is 0.280 e. The quantitative estimate of drug-likeness (QED) is 0.218. The van der Waals surface area contributed by atoms with Crippen LogP contribution in [-0.2, 0) is 4.79 Å². The highest BCUT2D eigenvalue weighted by Gasteiger charge is 1.80. The molecule has 0 radical (unpaired) electrons. The van der Waals surface area contributed by atoms with Gasteiger partial charge in [-0.15, -0.1) is 6.58 Å². The maximum absolute atomic E-state index is 10.6. The second-order valence-corrected chi connectivity index (χ2v) is 2.71. The predicted molar refractivity (Wildman–Crippen MR) is 63.9 cm³/mol. The van der Waals surface area contributed by atoms with E-state index in [1.165, 1.54) is 6.08 Å². The molecule has 0 N–H and O–H groups in total. The minimum absolute atomic E-state index is 0.306. The molecular weight excluding hydrogens is 184 g/mol. The highest BCUT2D eigenvalue weighted by molar-refractivity contribution is 6.04. The summed E-state index contributed by atoms with van der Waals surface area (Å²) in [6.45, 7) is 6.93. The lowest BCUT2D eigenvalue weighted by Gasteiger charge is -1.85. The van der Waals surface area contributed by atoms with Crippen molar-refractivity contribution in [2.45, 2.75) is 19.3 Å². The molecule has 0 atom stereocenters. The average molecular weight is 198 g/mol. The second kappa shape index (κ2) is 10.1. The summed E-state index contributed by atoms with van der Waals surface area (Å²) in [5.41, 5.74) is 0. The van der Waals surface area contributed by atoms with Crippen molar-refractivity contribution in [2.24, 2.45) is 0 Å². The van der Waals surface area contributed by atoms with Gasteiger partial charge in [-0.3, -0.25) is 4.79 Å². The molecule has 0 saturated carbocycles. The fourth-order valence-electron chi connectivity index (χ4n) is 0.744. The molecule has 0 aromatic rings. The maximum Gasteiger partial charge on any atom is 0.229 e. The van der Waals surface area contributed by atoms with E-state index in [1.54, 1.807) is 6.08 Å². The summed E-state index contributed by atoms with van der Waals surface area (Å²) in [6.07, 6.45) is 9.88. The number of carbonyl (C=O) groups is 1. The van der Waals surface area contributed by atoms with Gasteiger partial charge in [0.25, 0.3) is 0 Å². The molecule has 0 rings (SSSR count). The standard InChI is InChI=1S/C14H14O/c1-3-5-6-7-8-9-10-11-12-13-14(15)4-2/h3-4,8-9H,1-2,5-7H2.